The average Bonchev–Trinajstić information content (AvgIpc) is 3.64. The number of hydrogen-bond donors (Lipinski definition) is 1. The normalized spacial score (nSPS) is 12.7. The maximum absolute atomic E-state index is 12.9. The maximum Gasteiger partial charge on any atom is 0.361 e. The van der Waals surface area contributed by atoms with E-state index in [9.17, 15) is 19.5 Å². The van der Waals surface area contributed by atoms with Gasteiger partial charge in [-0.1, -0.05) is 378 Å². The number of unbranched alkanes of at least 4 members (excludes halogenated alkanes) is 56. The van der Waals surface area contributed by atoms with Crippen molar-refractivity contribution in [3.63, 3.8) is 0 Å². The lowest BCUT2D eigenvalue weighted by atomic mass is 10.0. The monoisotopic (exact) mass is 1260 g/mol. The Morgan fingerprint density at radius 1 is 0.337 bits per heavy atom. The van der Waals surface area contributed by atoms with Gasteiger partial charge >= 0.3 is 17.9 Å². The molecule has 526 valence electrons. The Balaban J connectivity index is 3.90. The summed E-state index contributed by atoms with van der Waals surface area (Å²) < 4.78 is 23.0. The highest BCUT2D eigenvalue weighted by atomic mass is 16.7. The molecule has 89 heavy (non-hydrogen) atoms. The number of allylic oxidation sites excluding steroid dienone is 4. The second-order valence-electron chi connectivity index (χ2n) is 28.4. The molecule has 0 rings (SSSR count). The second-order valence-corrected chi connectivity index (χ2v) is 28.4. The van der Waals surface area contributed by atoms with Crippen LogP contribution in [0.3, 0.4) is 0 Å². The molecule has 0 radical (unpaired) electrons. The molecule has 9 heteroatoms. The van der Waals surface area contributed by atoms with Crippen LogP contribution in [0.1, 0.15) is 412 Å². The smallest absolute Gasteiger partial charge is 0.361 e. The molecule has 0 aliphatic heterocycles. The number of rotatable bonds is 75. The Kier molecular flexibility index (Phi) is 69.8. The van der Waals surface area contributed by atoms with Crippen molar-refractivity contribution in [2.45, 2.75) is 424 Å². The summed E-state index contributed by atoms with van der Waals surface area (Å²) in [6.45, 7) is 4.94. The van der Waals surface area contributed by atoms with E-state index in [0.717, 1.165) is 44.9 Å². The molecule has 0 aliphatic rings. The first-order chi connectivity index (χ1) is 43.6. The van der Waals surface area contributed by atoms with Crippen molar-refractivity contribution in [3.8, 4) is 0 Å². The van der Waals surface area contributed by atoms with Crippen molar-refractivity contribution >= 4 is 17.9 Å². The standard InChI is InChI=1S/C80H153NO8/c1-6-8-10-12-14-16-18-20-22-24-26-28-30-31-32-33-34-35-36-37-38-39-40-41-42-43-44-45-46-47-49-50-52-54-56-58-60-62-64-66-68-70-77(82)87-74-76(75-88-80(79(84)85)86-73-72-81(3,4)5)89-78(83)71-69-67-65-63-61-59-57-55-53-51-48-29-27-25-23-21-19-17-15-13-11-9-7-2/h19,21,25,27,76,80H,6-18,20,22-24,26,28-75H2,1-5H3/p+1/b21-19-,27-25-. The number of carbonyl (C=O) groups excluding carboxylic acids is 2. The molecular formula is C80H154NO8+. The molecule has 0 saturated heterocycles. The number of carbonyl (C=O) groups is 3. The van der Waals surface area contributed by atoms with Gasteiger partial charge in [0.25, 0.3) is 6.29 Å². The van der Waals surface area contributed by atoms with E-state index in [4.69, 9.17) is 18.9 Å². The minimum Gasteiger partial charge on any atom is -0.477 e. The molecule has 1 N–H and O–H groups in total. The lowest BCUT2D eigenvalue weighted by Crippen LogP contribution is -2.40. The highest BCUT2D eigenvalue weighted by Crippen LogP contribution is 2.20. The highest BCUT2D eigenvalue weighted by Gasteiger charge is 2.25. The van der Waals surface area contributed by atoms with Crippen LogP contribution in [0.2, 0.25) is 0 Å². The second kappa shape index (κ2) is 71.6. The Labute approximate surface area is 554 Å². The number of carboxylic acid groups (broad SMARTS) is 1. The summed E-state index contributed by atoms with van der Waals surface area (Å²) in [7, 11) is 5.99. The van der Waals surface area contributed by atoms with Gasteiger partial charge in [0.15, 0.2) is 6.10 Å². The van der Waals surface area contributed by atoms with Crippen molar-refractivity contribution in [2.75, 3.05) is 47.5 Å². The molecule has 0 aromatic heterocycles. The summed E-state index contributed by atoms with van der Waals surface area (Å²) in [4.78, 5) is 37.7. The van der Waals surface area contributed by atoms with Crippen LogP contribution in [0.25, 0.3) is 0 Å². The molecule has 0 saturated carbocycles. The Morgan fingerprint density at radius 3 is 0.888 bits per heavy atom. The molecule has 0 amide bonds. The molecule has 0 fully saturated rings. The van der Waals surface area contributed by atoms with Gasteiger partial charge < -0.3 is 28.5 Å². The molecule has 9 nitrogen and oxygen atoms in total. The van der Waals surface area contributed by atoms with Gasteiger partial charge in [-0.15, -0.1) is 0 Å². The van der Waals surface area contributed by atoms with Crippen LogP contribution in [0.4, 0.5) is 0 Å². The van der Waals surface area contributed by atoms with Crippen LogP contribution in [-0.4, -0.2) is 87.4 Å². The molecule has 2 atom stereocenters. The van der Waals surface area contributed by atoms with E-state index in [1.54, 1.807) is 0 Å². The predicted molar refractivity (Wildman–Crippen MR) is 383 cm³/mol. The van der Waals surface area contributed by atoms with E-state index >= 15 is 0 Å². The number of hydrogen-bond acceptors (Lipinski definition) is 7. The summed E-state index contributed by atoms with van der Waals surface area (Å²) >= 11 is 0. The fraction of sp³-hybridized carbons (Fsp3) is 0.912. The van der Waals surface area contributed by atoms with Gasteiger partial charge in [-0.2, -0.15) is 0 Å². The lowest BCUT2D eigenvalue weighted by molar-refractivity contribution is -0.870. The molecule has 0 aliphatic carbocycles. The van der Waals surface area contributed by atoms with E-state index in [2.05, 4.69) is 38.2 Å². The third-order valence-corrected chi connectivity index (χ3v) is 18.2. The predicted octanol–water partition coefficient (Wildman–Crippen LogP) is 24.9. The molecule has 0 heterocycles. The Morgan fingerprint density at radius 2 is 0.607 bits per heavy atom. The molecule has 0 aromatic carbocycles. The molecule has 0 spiro atoms. The first-order valence-electron chi connectivity index (χ1n) is 39.5. The number of ether oxygens (including phenoxy) is 4. The van der Waals surface area contributed by atoms with Crippen LogP contribution in [0, 0.1) is 0 Å². The van der Waals surface area contributed by atoms with Crippen LogP contribution in [-0.2, 0) is 33.3 Å². The number of nitrogens with zero attached hydrogens (tertiary/aromatic N) is 1. The SMILES string of the molecule is CCCCCCC/C=C\C/C=C\CCCCCCCCCCCCCC(=O)OC(COC(=O)CCCCCCCCCCCCCCCCCCCCCCCCCCCCCCCCCCCCCCCCCCC)COC(OCC[N+](C)(C)C)C(=O)O. The van der Waals surface area contributed by atoms with Gasteiger partial charge in [-0.3, -0.25) is 9.59 Å². The number of carboxylic acids is 1. The molecule has 0 aromatic rings. The fourth-order valence-corrected chi connectivity index (χ4v) is 12.2. The van der Waals surface area contributed by atoms with Crippen LogP contribution < -0.4 is 0 Å². The van der Waals surface area contributed by atoms with E-state index < -0.39 is 18.4 Å². The number of aliphatic carboxylic acids is 1. The van der Waals surface area contributed by atoms with Gasteiger partial charge in [0, 0.05) is 12.8 Å². The minimum atomic E-state index is -1.51. The maximum atomic E-state index is 12.9. The third kappa shape index (κ3) is 73.1. The van der Waals surface area contributed by atoms with E-state index in [0.29, 0.717) is 17.4 Å². The lowest BCUT2D eigenvalue weighted by Gasteiger charge is -2.25. The summed E-state index contributed by atoms with van der Waals surface area (Å²) in [5, 5.41) is 9.76. The van der Waals surface area contributed by atoms with Crippen molar-refractivity contribution in [3.05, 3.63) is 24.3 Å². The van der Waals surface area contributed by atoms with Gasteiger partial charge in [0.1, 0.15) is 13.2 Å². The van der Waals surface area contributed by atoms with Gasteiger partial charge in [-0.25, -0.2) is 4.79 Å². The Bertz CT molecular complexity index is 1510. The van der Waals surface area contributed by atoms with E-state index in [1.165, 1.54) is 340 Å². The van der Waals surface area contributed by atoms with Crippen molar-refractivity contribution in [2.24, 2.45) is 0 Å². The topological polar surface area (TPSA) is 108 Å². The number of esters is 2. The van der Waals surface area contributed by atoms with E-state index in [1.807, 2.05) is 21.1 Å². The zero-order valence-corrected chi connectivity index (χ0v) is 60.4. The summed E-state index contributed by atoms with van der Waals surface area (Å²) in [5.41, 5.74) is 0. The van der Waals surface area contributed by atoms with Crippen molar-refractivity contribution < 1.29 is 42.9 Å². The molecule has 0 bridgehead atoms. The van der Waals surface area contributed by atoms with E-state index in [-0.39, 0.29) is 38.2 Å². The molecule has 2 unspecified atom stereocenters. The largest absolute Gasteiger partial charge is 0.477 e. The third-order valence-electron chi connectivity index (χ3n) is 18.2. The summed E-state index contributed by atoms with van der Waals surface area (Å²) in [6.07, 6.45) is 87.8. The van der Waals surface area contributed by atoms with Crippen LogP contribution >= 0.6 is 0 Å². The Hall–Kier alpha value is -2.23. The minimum absolute atomic E-state index is 0.177. The fourth-order valence-electron chi connectivity index (χ4n) is 12.2. The van der Waals surface area contributed by atoms with Gasteiger partial charge in [0.05, 0.1) is 34.4 Å². The van der Waals surface area contributed by atoms with Crippen molar-refractivity contribution in [1.82, 2.24) is 0 Å². The first kappa shape index (κ1) is 86.8. The summed E-state index contributed by atoms with van der Waals surface area (Å²) in [5.74, 6) is -1.98. The number of quaternary nitrogens is 1. The average molecular weight is 1260 g/mol. The highest BCUT2D eigenvalue weighted by molar-refractivity contribution is 5.71. The van der Waals surface area contributed by atoms with Gasteiger partial charge in [-0.05, 0) is 44.9 Å². The summed E-state index contributed by atoms with van der Waals surface area (Å²) in [6, 6.07) is 0. The quantitative estimate of drug-likeness (QED) is 0.0211. The zero-order valence-electron chi connectivity index (χ0n) is 60.4. The molecular weight excluding hydrogens is 1100 g/mol. The van der Waals surface area contributed by atoms with Crippen molar-refractivity contribution in [1.29, 1.82) is 0 Å². The van der Waals surface area contributed by atoms with Crippen LogP contribution in [0.5, 0.6) is 0 Å². The van der Waals surface area contributed by atoms with Crippen LogP contribution in [0.15, 0.2) is 24.3 Å². The zero-order chi connectivity index (χ0) is 64.7. The van der Waals surface area contributed by atoms with Gasteiger partial charge in [0.2, 0.25) is 0 Å². The number of likely N-dealkylation sites (N-methyl/N-ethyl adjacent to an activating group) is 1. The first-order valence-corrected chi connectivity index (χ1v) is 39.5.